The van der Waals surface area contributed by atoms with Gasteiger partial charge in [-0.25, -0.2) is 4.79 Å². The highest BCUT2D eigenvalue weighted by atomic mass is 16.6. The Morgan fingerprint density at radius 1 is 1.35 bits per heavy atom. The van der Waals surface area contributed by atoms with E-state index in [1.165, 1.54) is 5.56 Å². The normalized spacial score (nSPS) is 12.6. The zero-order valence-corrected chi connectivity index (χ0v) is 12.9. The van der Waals surface area contributed by atoms with Crippen LogP contribution in [-0.4, -0.2) is 29.7 Å². The second-order valence-corrected chi connectivity index (χ2v) is 5.96. The molecule has 0 spiro atoms. The number of carbonyl (C=O) groups is 1. The quantitative estimate of drug-likeness (QED) is 0.759. The number of likely N-dealkylation sites (N-methyl/N-ethyl adjacent to an activating group) is 1. The molecule has 20 heavy (non-hydrogen) atoms. The smallest absolute Gasteiger partial charge is 0.410 e. The van der Waals surface area contributed by atoms with Gasteiger partial charge in [-0.15, -0.1) is 6.58 Å². The lowest BCUT2D eigenvalue weighted by Gasteiger charge is -2.30. The van der Waals surface area contributed by atoms with Crippen molar-refractivity contribution in [2.45, 2.75) is 45.3 Å². The van der Waals surface area contributed by atoms with Gasteiger partial charge in [0.25, 0.3) is 0 Å². The predicted octanol–water partition coefficient (Wildman–Crippen LogP) is 4.04. The topological polar surface area (TPSA) is 29.5 Å². The van der Waals surface area contributed by atoms with Crippen molar-refractivity contribution in [2.24, 2.45) is 0 Å². The van der Waals surface area contributed by atoms with E-state index in [2.05, 4.69) is 18.7 Å². The Morgan fingerprint density at radius 3 is 2.45 bits per heavy atom. The van der Waals surface area contributed by atoms with Crippen molar-refractivity contribution >= 4 is 6.09 Å². The molecule has 1 unspecified atom stereocenters. The van der Waals surface area contributed by atoms with Crippen molar-refractivity contribution in [2.75, 3.05) is 7.05 Å². The first-order valence-electron chi connectivity index (χ1n) is 6.94. The third kappa shape index (κ3) is 5.47. The molecule has 3 heteroatoms. The van der Waals surface area contributed by atoms with Gasteiger partial charge in [0.15, 0.2) is 0 Å². The molecule has 0 radical (unpaired) electrons. The van der Waals surface area contributed by atoms with Gasteiger partial charge in [0.1, 0.15) is 5.60 Å². The van der Waals surface area contributed by atoms with E-state index in [0.29, 0.717) is 0 Å². The molecule has 1 aromatic rings. The monoisotopic (exact) mass is 275 g/mol. The van der Waals surface area contributed by atoms with Crippen molar-refractivity contribution < 1.29 is 9.53 Å². The number of carbonyl (C=O) groups excluding carboxylic acids is 1. The molecule has 0 N–H and O–H groups in total. The third-order valence-electron chi connectivity index (χ3n) is 2.98. The second-order valence-electron chi connectivity index (χ2n) is 5.96. The van der Waals surface area contributed by atoms with Gasteiger partial charge in [-0.1, -0.05) is 36.4 Å². The fourth-order valence-corrected chi connectivity index (χ4v) is 1.94. The summed E-state index contributed by atoms with van der Waals surface area (Å²) in [5, 5.41) is 0. The third-order valence-corrected chi connectivity index (χ3v) is 2.98. The van der Waals surface area contributed by atoms with E-state index >= 15 is 0 Å². The molecule has 1 rings (SSSR count). The number of hydrogen-bond donors (Lipinski definition) is 0. The average Bonchev–Trinajstić information content (AvgIpc) is 2.36. The fraction of sp³-hybridized carbons (Fsp3) is 0.471. The molecule has 0 aliphatic carbocycles. The number of amides is 1. The minimum atomic E-state index is -0.475. The number of hydrogen-bond acceptors (Lipinski definition) is 2. The maximum Gasteiger partial charge on any atom is 0.410 e. The molecule has 1 aromatic carbocycles. The summed E-state index contributed by atoms with van der Waals surface area (Å²) in [7, 11) is 1.78. The van der Waals surface area contributed by atoms with Crippen LogP contribution >= 0.6 is 0 Å². The van der Waals surface area contributed by atoms with E-state index < -0.39 is 5.60 Å². The first kappa shape index (κ1) is 16.3. The lowest BCUT2D eigenvalue weighted by molar-refractivity contribution is 0.0224. The van der Waals surface area contributed by atoms with Gasteiger partial charge >= 0.3 is 6.09 Å². The molecule has 0 saturated heterocycles. The van der Waals surface area contributed by atoms with Crippen LogP contribution in [0.1, 0.15) is 32.8 Å². The number of nitrogens with zero attached hydrogens (tertiary/aromatic N) is 1. The van der Waals surface area contributed by atoms with Gasteiger partial charge < -0.3 is 9.64 Å². The second kappa shape index (κ2) is 7.13. The Bertz CT molecular complexity index is 434. The SMILES string of the molecule is C=CCC(Cc1ccccc1)N(C)C(=O)OC(C)(C)C. The molecule has 1 atom stereocenters. The summed E-state index contributed by atoms with van der Waals surface area (Å²) in [5.74, 6) is 0. The first-order chi connectivity index (χ1) is 9.33. The Hall–Kier alpha value is -1.77. The van der Waals surface area contributed by atoms with Gasteiger partial charge in [-0.3, -0.25) is 0 Å². The summed E-state index contributed by atoms with van der Waals surface area (Å²) in [6.45, 7) is 9.40. The van der Waals surface area contributed by atoms with E-state index in [0.717, 1.165) is 12.8 Å². The summed E-state index contributed by atoms with van der Waals surface area (Å²) >= 11 is 0. The van der Waals surface area contributed by atoms with Crippen LogP contribution in [0.5, 0.6) is 0 Å². The maximum atomic E-state index is 12.1. The van der Waals surface area contributed by atoms with Gasteiger partial charge in [-0.05, 0) is 39.2 Å². The predicted molar refractivity (Wildman–Crippen MR) is 82.7 cm³/mol. The van der Waals surface area contributed by atoms with E-state index in [1.807, 2.05) is 45.0 Å². The highest BCUT2D eigenvalue weighted by molar-refractivity contribution is 5.68. The molecule has 0 aromatic heterocycles. The summed E-state index contributed by atoms with van der Waals surface area (Å²) in [4.78, 5) is 13.8. The highest BCUT2D eigenvalue weighted by Gasteiger charge is 2.24. The van der Waals surface area contributed by atoms with Crippen LogP contribution in [0.15, 0.2) is 43.0 Å². The zero-order valence-electron chi connectivity index (χ0n) is 12.9. The van der Waals surface area contributed by atoms with Crippen LogP contribution in [0.4, 0.5) is 4.79 Å². The van der Waals surface area contributed by atoms with Crippen molar-refractivity contribution in [1.82, 2.24) is 4.90 Å². The van der Waals surface area contributed by atoms with Crippen LogP contribution in [0.3, 0.4) is 0 Å². The van der Waals surface area contributed by atoms with Crippen LogP contribution in [0, 0.1) is 0 Å². The van der Waals surface area contributed by atoms with Crippen molar-refractivity contribution in [3.63, 3.8) is 0 Å². The van der Waals surface area contributed by atoms with E-state index in [9.17, 15) is 4.79 Å². The lowest BCUT2D eigenvalue weighted by atomic mass is 10.0. The lowest BCUT2D eigenvalue weighted by Crippen LogP contribution is -2.41. The highest BCUT2D eigenvalue weighted by Crippen LogP contribution is 2.15. The molecule has 3 nitrogen and oxygen atoms in total. The minimum absolute atomic E-state index is 0.0600. The summed E-state index contributed by atoms with van der Waals surface area (Å²) < 4.78 is 5.42. The molecule has 110 valence electrons. The molecular weight excluding hydrogens is 250 g/mol. The molecule has 1 amide bonds. The number of rotatable bonds is 5. The van der Waals surface area contributed by atoms with Crippen LogP contribution in [-0.2, 0) is 11.2 Å². The van der Waals surface area contributed by atoms with Crippen LogP contribution < -0.4 is 0 Å². The fourth-order valence-electron chi connectivity index (χ4n) is 1.94. The minimum Gasteiger partial charge on any atom is -0.444 e. The van der Waals surface area contributed by atoms with Crippen molar-refractivity contribution in [3.8, 4) is 0 Å². The van der Waals surface area contributed by atoms with E-state index in [-0.39, 0.29) is 12.1 Å². The van der Waals surface area contributed by atoms with Gasteiger partial charge in [0, 0.05) is 13.1 Å². The average molecular weight is 275 g/mol. The molecule has 0 aliphatic rings. The summed E-state index contributed by atoms with van der Waals surface area (Å²) in [6.07, 6.45) is 3.09. The summed E-state index contributed by atoms with van der Waals surface area (Å²) in [6, 6.07) is 10.2. The van der Waals surface area contributed by atoms with Gasteiger partial charge in [-0.2, -0.15) is 0 Å². The van der Waals surface area contributed by atoms with E-state index in [1.54, 1.807) is 11.9 Å². The Morgan fingerprint density at radius 2 is 1.95 bits per heavy atom. The summed E-state index contributed by atoms with van der Waals surface area (Å²) in [5.41, 5.74) is 0.728. The molecule has 0 fully saturated rings. The Balaban J connectivity index is 2.74. The van der Waals surface area contributed by atoms with Crippen molar-refractivity contribution in [3.05, 3.63) is 48.6 Å². The molecular formula is C17H25NO2. The first-order valence-corrected chi connectivity index (χ1v) is 6.94. The molecule has 0 saturated carbocycles. The standard InChI is InChI=1S/C17H25NO2/c1-6-10-15(13-14-11-8-7-9-12-14)18(5)16(19)20-17(2,3)4/h6-9,11-12,15H,1,10,13H2,2-5H3. The van der Waals surface area contributed by atoms with E-state index in [4.69, 9.17) is 4.74 Å². The Kier molecular flexibility index (Phi) is 5.81. The largest absolute Gasteiger partial charge is 0.444 e. The van der Waals surface area contributed by atoms with Crippen LogP contribution in [0.2, 0.25) is 0 Å². The number of benzene rings is 1. The van der Waals surface area contributed by atoms with Gasteiger partial charge in [0.2, 0.25) is 0 Å². The zero-order chi connectivity index (χ0) is 15.2. The molecule has 0 heterocycles. The van der Waals surface area contributed by atoms with Crippen LogP contribution in [0.25, 0.3) is 0 Å². The number of ether oxygens (including phenoxy) is 1. The molecule has 0 bridgehead atoms. The maximum absolute atomic E-state index is 12.1. The van der Waals surface area contributed by atoms with Crippen molar-refractivity contribution in [1.29, 1.82) is 0 Å². The molecule has 0 aliphatic heterocycles. The van der Waals surface area contributed by atoms with Gasteiger partial charge in [0.05, 0.1) is 0 Å². The Labute approximate surface area is 122 Å².